The molecule has 0 saturated heterocycles. The molecule has 3 N–H and O–H groups in total. The first-order valence-corrected chi connectivity index (χ1v) is 10.2. The molecule has 0 aromatic carbocycles. The number of pyridine rings is 1. The molecule has 1 fully saturated rings. The number of rotatable bonds is 8. The van der Waals surface area contributed by atoms with Crippen LogP contribution in [0.1, 0.15) is 64.0 Å². The van der Waals surface area contributed by atoms with Gasteiger partial charge in [-0.15, -0.1) is 0 Å². The molecule has 1 atom stereocenters. The van der Waals surface area contributed by atoms with Gasteiger partial charge >= 0.3 is 6.18 Å². The number of amidine groups is 1. The summed E-state index contributed by atoms with van der Waals surface area (Å²) in [6.07, 6.45) is 1.36. The first kappa shape index (κ1) is 24.8. The number of halogens is 3. The van der Waals surface area contributed by atoms with Crippen LogP contribution >= 0.6 is 0 Å². The molecule has 31 heavy (non-hydrogen) atoms. The van der Waals surface area contributed by atoms with E-state index in [1.54, 1.807) is 13.8 Å². The summed E-state index contributed by atoms with van der Waals surface area (Å²) in [5.41, 5.74) is 3.09. The molecular formula is C21H29F3N4O3. The van der Waals surface area contributed by atoms with E-state index in [-0.39, 0.29) is 31.1 Å². The summed E-state index contributed by atoms with van der Waals surface area (Å²) in [5, 5.41) is 9.63. The van der Waals surface area contributed by atoms with E-state index in [1.807, 2.05) is 0 Å². The zero-order chi connectivity index (χ0) is 23.2. The number of hydrogen-bond acceptors (Lipinski definition) is 4. The molecule has 0 radical (unpaired) electrons. The lowest BCUT2D eigenvalue weighted by atomic mass is 9.97. The third-order valence-corrected chi connectivity index (χ3v) is 5.08. The van der Waals surface area contributed by atoms with Gasteiger partial charge < -0.3 is 15.4 Å². The molecule has 1 heterocycles. The zero-order valence-electron chi connectivity index (χ0n) is 17.7. The van der Waals surface area contributed by atoms with Gasteiger partial charge in [-0.25, -0.2) is 0 Å². The summed E-state index contributed by atoms with van der Waals surface area (Å²) in [5.74, 6) is -0.706. The second-order valence-corrected chi connectivity index (χ2v) is 8.54. The van der Waals surface area contributed by atoms with Crippen LogP contribution in [0.3, 0.4) is 0 Å². The van der Waals surface area contributed by atoms with E-state index in [2.05, 4.69) is 9.98 Å². The Kier molecular flexibility index (Phi) is 8.16. The molecule has 7 nitrogen and oxygen atoms in total. The molecule has 0 spiro atoms. The summed E-state index contributed by atoms with van der Waals surface area (Å²) in [6, 6.07) is 0.352. The van der Waals surface area contributed by atoms with Crippen LogP contribution in [-0.2, 0) is 11.0 Å². The van der Waals surface area contributed by atoms with Crippen molar-refractivity contribution in [3.8, 4) is 0 Å². The highest BCUT2D eigenvalue weighted by atomic mass is 19.4. The van der Waals surface area contributed by atoms with Crippen molar-refractivity contribution in [2.24, 2.45) is 21.6 Å². The van der Waals surface area contributed by atoms with Gasteiger partial charge in [0.15, 0.2) is 0 Å². The molecule has 1 amide bonds. The average Bonchev–Trinajstić information content (AvgIpc) is 3.15. The molecule has 0 bridgehead atoms. The van der Waals surface area contributed by atoms with Gasteiger partial charge in [0.25, 0.3) is 11.5 Å². The van der Waals surface area contributed by atoms with Crippen molar-refractivity contribution in [3.05, 3.63) is 34.2 Å². The average molecular weight is 442 g/mol. The second-order valence-electron chi connectivity index (χ2n) is 8.54. The lowest BCUT2D eigenvalue weighted by Gasteiger charge is -2.21. The number of alkyl halides is 3. The van der Waals surface area contributed by atoms with Crippen LogP contribution in [0.25, 0.3) is 0 Å². The molecule has 2 rings (SSSR count). The molecule has 0 aliphatic heterocycles. The van der Waals surface area contributed by atoms with Gasteiger partial charge in [-0.1, -0.05) is 25.7 Å². The molecule has 10 heteroatoms. The van der Waals surface area contributed by atoms with Crippen molar-refractivity contribution >= 4 is 18.0 Å². The first-order valence-electron chi connectivity index (χ1n) is 10.2. The van der Waals surface area contributed by atoms with Gasteiger partial charge in [0.2, 0.25) is 0 Å². The van der Waals surface area contributed by atoms with E-state index < -0.39 is 34.8 Å². The van der Waals surface area contributed by atoms with Gasteiger partial charge in [0, 0.05) is 24.9 Å². The van der Waals surface area contributed by atoms with Gasteiger partial charge in [-0.2, -0.15) is 18.2 Å². The van der Waals surface area contributed by atoms with Crippen LogP contribution in [-0.4, -0.2) is 39.8 Å². The fourth-order valence-electron chi connectivity index (χ4n) is 3.52. The van der Waals surface area contributed by atoms with Gasteiger partial charge in [-0.3, -0.25) is 14.6 Å². The summed E-state index contributed by atoms with van der Waals surface area (Å²) >= 11 is 0. The van der Waals surface area contributed by atoms with Crippen LogP contribution in [0.2, 0.25) is 0 Å². The number of aliphatic hydroxyl groups is 1. The molecule has 1 aromatic heterocycles. The maximum atomic E-state index is 13.2. The van der Waals surface area contributed by atoms with Crippen molar-refractivity contribution in [3.63, 3.8) is 0 Å². The predicted molar refractivity (Wildman–Crippen MR) is 112 cm³/mol. The number of nitrogens with two attached hydrogens (primary N) is 1. The SMILES string of the molecule is CC(C)(O)CN=CCC(N)=NC(=O)C(CC1CCCC1)n1cc(C(F)(F)F)ccc1=O. The van der Waals surface area contributed by atoms with E-state index in [9.17, 15) is 27.9 Å². The van der Waals surface area contributed by atoms with Crippen LogP contribution in [0, 0.1) is 5.92 Å². The Morgan fingerprint density at radius 2 is 1.97 bits per heavy atom. The van der Waals surface area contributed by atoms with Gasteiger partial charge in [-0.05, 0) is 32.3 Å². The molecule has 1 unspecified atom stereocenters. The van der Waals surface area contributed by atoms with Crippen molar-refractivity contribution < 1.29 is 23.1 Å². The third-order valence-electron chi connectivity index (χ3n) is 5.08. The van der Waals surface area contributed by atoms with E-state index in [0.29, 0.717) is 12.3 Å². The number of carbonyl (C=O) groups excluding carboxylic acids is 1. The van der Waals surface area contributed by atoms with E-state index in [4.69, 9.17) is 5.73 Å². The topological polar surface area (TPSA) is 110 Å². The maximum absolute atomic E-state index is 13.2. The minimum Gasteiger partial charge on any atom is -0.389 e. The summed E-state index contributed by atoms with van der Waals surface area (Å²) in [7, 11) is 0. The number of carbonyl (C=O) groups is 1. The van der Waals surface area contributed by atoms with Gasteiger partial charge in [0.1, 0.15) is 11.9 Å². The molecule has 1 saturated carbocycles. The minimum atomic E-state index is -4.64. The molecule has 1 aliphatic carbocycles. The van der Waals surface area contributed by atoms with Crippen molar-refractivity contribution in [2.45, 2.75) is 70.2 Å². The number of hydrogen-bond donors (Lipinski definition) is 2. The van der Waals surface area contributed by atoms with Crippen molar-refractivity contribution in [1.29, 1.82) is 0 Å². The zero-order valence-corrected chi connectivity index (χ0v) is 17.7. The summed E-state index contributed by atoms with van der Waals surface area (Å²) in [4.78, 5) is 33.0. The van der Waals surface area contributed by atoms with Crippen molar-refractivity contribution in [2.75, 3.05) is 6.54 Å². The van der Waals surface area contributed by atoms with Crippen LogP contribution in [0.15, 0.2) is 33.1 Å². The molecule has 172 valence electrons. The third kappa shape index (κ3) is 7.93. The lowest BCUT2D eigenvalue weighted by Crippen LogP contribution is -2.32. The fourth-order valence-corrected chi connectivity index (χ4v) is 3.52. The quantitative estimate of drug-likeness (QED) is 0.476. The van der Waals surface area contributed by atoms with Gasteiger partial charge in [0.05, 0.1) is 17.7 Å². The molecular weight excluding hydrogens is 413 g/mol. The number of amides is 1. The van der Waals surface area contributed by atoms with Crippen molar-refractivity contribution in [1.82, 2.24) is 4.57 Å². The van der Waals surface area contributed by atoms with Crippen LogP contribution in [0.5, 0.6) is 0 Å². The lowest BCUT2D eigenvalue weighted by molar-refractivity contribution is -0.138. The monoisotopic (exact) mass is 442 g/mol. The highest BCUT2D eigenvalue weighted by Crippen LogP contribution is 2.33. The summed E-state index contributed by atoms with van der Waals surface area (Å²) < 4.78 is 40.3. The minimum absolute atomic E-state index is 0.0372. The van der Waals surface area contributed by atoms with E-state index in [0.717, 1.165) is 36.3 Å². The Morgan fingerprint density at radius 1 is 1.32 bits per heavy atom. The normalized spacial score (nSPS) is 17.4. The Hall–Kier alpha value is -2.49. The maximum Gasteiger partial charge on any atom is 0.417 e. The van der Waals surface area contributed by atoms with Crippen LogP contribution < -0.4 is 11.3 Å². The standard InChI is InChI=1S/C21H29F3N4O3/c1-20(2,31)13-26-10-9-17(25)27-19(30)16(11-14-5-3-4-6-14)28-12-15(21(22,23)24)7-8-18(28)29/h7-8,10,12,14,16,31H,3-6,9,11,13H2,1-2H3,(H2,25,27,30). The molecule has 1 aromatic rings. The number of aromatic nitrogens is 1. The highest BCUT2D eigenvalue weighted by molar-refractivity contribution is 6.00. The Bertz CT molecular complexity index is 879. The number of aliphatic imine (C=N–C) groups is 2. The Balaban J connectivity index is 2.27. The first-order chi connectivity index (χ1) is 14.4. The largest absolute Gasteiger partial charge is 0.417 e. The number of nitrogens with zero attached hydrogens (tertiary/aromatic N) is 3. The molecule has 1 aliphatic rings. The highest BCUT2D eigenvalue weighted by Gasteiger charge is 2.33. The second kappa shape index (κ2) is 10.2. The summed E-state index contributed by atoms with van der Waals surface area (Å²) in [6.45, 7) is 3.32. The van der Waals surface area contributed by atoms with Crippen LogP contribution in [0.4, 0.5) is 13.2 Å². The van der Waals surface area contributed by atoms with E-state index in [1.165, 1.54) is 6.21 Å². The fraction of sp³-hybridized carbons (Fsp3) is 0.619. The Labute approximate surface area is 178 Å². The predicted octanol–water partition coefficient (Wildman–Crippen LogP) is 3.10. The smallest absolute Gasteiger partial charge is 0.389 e. The van der Waals surface area contributed by atoms with E-state index >= 15 is 0 Å². The Morgan fingerprint density at radius 3 is 2.55 bits per heavy atom.